The number of H-pyrrole nitrogens is 1. The fraction of sp³-hybridized carbons (Fsp3) is 0.217. The number of hydrogen-bond acceptors (Lipinski definition) is 7. The molecule has 0 atom stereocenters. The number of ether oxygens (including phenoxy) is 1. The van der Waals surface area contributed by atoms with Crippen molar-refractivity contribution in [1.29, 1.82) is 0 Å². The summed E-state index contributed by atoms with van der Waals surface area (Å²) in [4.78, 5) is 6.90. The van der Waals surface area contributed by atoms with E-state index in [9.17, 15) is 8.42 Å². The number of pyridine rings is 1. The number of aromatic amines is 1. The third-order valence-electron chi connectivity index (χ3n) is 5.37. The van der Waals surface area contributed by atoms with Crippen LogP contribution in [0.1, 0.15) is 12.6 Å². The van der Waals surface area contributed by atoms with Gasteiger partial charge in [-0.05, 0) is 55.5 Å². The van der Waals surface area contributed by atoms with Crippen LogP contribution in [-0.4, -0.2) is 43.5 Å². The molecular weight excluding hydrogens is 426 g/mol. The van der Waals surface area contributed by atoms with Gasteiger partial charge in [-0.15, -0.1) is 0 Å². The lowest BCUT2D eigenvalue weighted by Crippen LogP contribution is -2.12. The predicted octanol–water partition coefficient (Wildman–Crippen LogP) is 4.58. The fourth-order valence-corrected chi connectivity index (χ4v) is 4.34. The highest BCUT2D eigenvalue weighted by Crippen LogP contribution is 2.32. The molecule has 2 aromatic heterocycles. The molecule has 2 N–H and O–H groups in total. The topological polar surface area (TPSA) is 100 Å². The molecule has 0 spiro atoms. The van der Waals surface area contributed by atoms with Crippen molar-refractivity contribution < 1.29 is 13.2 Å². The van der Waals surface area contributed by atoms with E-state index >= 15 is 0 Å². The fourth-order valence-electron chi connectivity index (χ4n) is 3.44. The minimum absolute atomic E-state index is 0.0250. The molecule has 9 heteroatoms. The first-order valence-electron chi connectivity index (χ1n) is 10.2. The molecule has 2 aromatic carbocycles. The third-order valence-corrected chi connectivity index (χ3v) is 7.10. The van der Waals surface area contributed by atoms with E-state index in [1.807, 2.05) is 55.3 Å². The van der Waals surface area contributed by atoms with E-state index in [-0.39, 0.29) is 10.6 Å². The standard InChI is InChI=1S/C23H25N5O3S/c1-5-32(29,30)17-10-12-21(31-4)20(14-17)24-22-7-6-8-23(25-22)28(3)16-9-11-18-15(2)26-27-19(18)13-16/h6-14H,5H2,1-4H3,(H,24,25)(H,26,27). The number of benzene rings is 2. The van der Waals surface area contributed by atoms with Gasteiger partial charge in [-0.3, -0.25) is 5.10 Å². The van der Waals surface area contributed by atoms with Gasteiger partial charge < -0.3 is 15.0 Å². The molecule has 0 saturated heterocycles. The summed E-state index contributed by atoms with van der Waals surface area (Å²) in [5.74, 6) is 1.84. The maximum atomic E-state index is 12.3. The van der Waals surface area contributed by atoms with Crippen molar-refractivity contribution in [2.45, 2.75) is 18.7 Å². The Kier molecular flexibility index (Phi) is 5.75. The number of sulfone groups is 1. The van der Waals surface area contributed by atoms with Crippen LogP contribution < -0.4 is 15.0 Å². The van der Waals surface area contributed by atoms with Crippen LogP contribution in [0.25, 0.3) is 10.9 Å². The number of nitrogens with zero attached hydrogens (tertiary/aromatic N) is 3. The van der Waals surface area contributed by atoms with Crippen LogP contribution in [0, 0.1) is 6.92 Å². The van der Waals surface area contributed by atoms with Crippen LogP contribution >= 0.6 is 0 Å². The van der Waals surface area contributed by atoms with Gasteiger partial charge in [-0.1, -0.05) is 13.0 Å². The predicted molar refractivity (Wildman–Crippen MR) is 127 cm³/mol. The molecule has 166 valence electrons. The average molecular weight is 452 g/mol. The van der Waals surface area contributed by atoms with Crippen molar-refractivity contribution in [3.8, 4) is 5.75 Å². The summed E-state index contributed by atoms with van der Waals surface area (Å²) in [6, 6.07) is 16.4. The van der Waals surface area contributed by atoms with E-state index < -0.39 is 9.84 Å². The molecule has 4 rings (SSSR count). The smallest absolute Gasteiger partial charge is 0.178 e. The second kappa shape index (κ2) is 8.51. The Balaban J connectivity index is 1.65. The molecule has 4 aromatic rings. The quantitative estimate of drug-likeness (QED) is 0.424. The Morgan fingerprint density at radius 1 is 1.12 bits per heavy atom. The molecule has 0 aliphatic rings. The Morgan fingerprint density at radius 3 is 2.69 bits per heavy atom. The molecule has 0 saturated carbocycles. The van der Waals surface area contributed by atoms with E-state index in [4.69, 9.17) is 9.72 Å². The maximum Gasteiger partial charge on any atom is 0.178 e. The van der Waals surface area contributed by atoms with E-state index in [0.717, 1.165) is 28.1 Å². The lowest BCUT2D eigenvalue weighted by Gasteiger charge is -2.19. The van der Waals surface area contributed by atoms with Gasteiger partial charge in [-0.2, -0.15) is 5.10 Å². The Bertz CT molecular complexity index is 1380. The van der Waals surface area contributed by atoms with Gasteiger partial charge in [0, 0.05) is 23.8 Å². The molecular formula is C23H25N5O3S. The summed E-state index contributed by atoms with van der Waals surface area (Å²) >= 11 is 0. The minimum Gasteiger partial charge on any atom is -0.495 e. The number of nitrogens with one attached hydrogen (secondary N) is 2. The summed E-state index contributed by atoms with van der Waals surface area (Å²) in [7, 11) is 0.129. The maximum absolute atomic E-state index is 12.3. The summed E-state index contributed by atoms with van der Waals surface area (Å²) in [6.07, 6.45) is 0. The van der Waals surface area contributed by atoms with Crippen molar-refractivity contribution in [3.63, 3.8) is 0 Å². The zero-order chi connectivity index (χ0) is 22.9. The van der Waals surface area contributed by atoms with Gasteiger partial charge in [0.25, 0.3) is 0 Å². The average Bonchev–Trinajstić information content (AvgIpc) is 3.18. The van der Waals surface area contributed by atoms with Crippen LogP contribution in [0.5, 0.6) is 5.75 Å². The molecule has 8 nitrogen and oxygen atoms in total. The number of anilines is 4. The molecule has 0 fully saturated rings. The Hall–Kier alpha value is -3.59. The van der Waals surface area contributed by atoms with Crippen molar-refractivity contribution in [2.24, 2.45) is 0 Å². The SMILES string of the molecule is CCS(=O)(=O)c1ccc(OC)c(Nc2cccc(N(C)c3ccc4c(C)[nH]nc4c3)n2)c1. The molecule has 0 amide bonds. The van der Waals surface area contributed by atoms with Crippen molar-refractivity contribution in [2.75, 3.05) is 30.1 Å². The second-order valence-corrected chi connectivity index (χ2v) is 9.66. The van der Waals surface area contributed by atoms with E-state index in [1.165, 1.54) is 0 Å². The molecule has 32 heavy (non-hydrogen) atoms. The van der Waals surface area contributed by atoms with Crippen molar-refractivity contribution >= 4 is 43.8 Å². The molecule has 0 unspecified atom stereocenters. The summed E-state index contributed by atoms with van der Waals surface area (Å²) < 4.78 is 30.0. The van der Waals surface area contributed by atoms with E-state index in [1.54, 1.807) is 32.2 Å². The first kappa shape index (κ1) is 21.6. The number of hydrogen-bond donors (Lipinski definition) is 2. The molecule has 0 bridgehead atoms. The van der Waals surface area contributed by atoms with Crippen LogP contribution in [0.15, 0.2) is 59.5 Å². The monoisotopic (exact) mass is 451 g/mol. The lowest BCUT2D eigenvalue weighted by molar-refractivity contribution is 0.416. The third kappa shape index (κ3) is 4.11. The van der Waals surface area contributed by atoms with Crippen molar-refractivity contribution in [3.05, 3.63) is 60.3 Å². The highest BCUT2D eigenvalue weighted by atomic mass is 32.2. The van der Waals surface area contributed by atoms with Gasteiger partial charge in [0.05, 0.1) is 29.0 Å². The first-order valence-corrected chi connectivity index (χ1v) is 11.8. The number of aromatic nitrogens is 3. The summed E-state index contributed by atoms with van der Waals surface area (Å²) in [6.45, 7) is 3.61. The van der Waals surface area contributed by atoms with Gasteiger partial charge in [0.2, 0.25) is 0 Å². The minimum atomic E-state index is -3.34. The number of fused-ring (bicyclic) bond motifs is 1. The lowest BCUT2D eigenvalue weighted by atomic mass is 10.2. The van der Waals surface area contributed by atoms with Crippen LogP contribution in [0.4, 0.5) is 23.0 Å². The number of methoxy groups -OCH3 is 1. The highest BCUT2D eigenvalue weighted by Gasteiger charge is 2.16. The second-order valence-electron chi connectivity index (χ2n) is 7.38. The number of rotatable bonds is 7. The van der Waals surface area contributed by atoms with Crippen LogP contribution in [-0.2, 0) is 9.84 Å². The van der Waals surface area contributed by atoms with Gasteiger partial charge in [0.1, 0.15) is 17.4 Å². The molecule has 0 aliphatic carbocycles. The van der Waals surface area contributed by atoms with Gasteiger partial charge in [0.15, 0.2) is 9.84 Å². The zero-order valence-corrected chi connectivity index (χ0v) is 19.2. The summed E-state index contributed by atoms with van der Waals surface area (Å²) in [5.41, 5.74) is 3.39. The largest absolute Gasteiger partial charge is 0.495 e. The Labute approximate surface area is 187 Å². The normalized spacial score (nSPS) is 11.5. The Morgan fingerprint density at radius 2 is 1.94 bits per heavy atom. The van der Waals surface area contributed by atoms with Crippen LogP contribution in [0.2, 0.25) is 0 Å². The molecule has 0 radical (unpaired) electrons. The van der Waals surface area contributed by atoms with Gasteiger partial charge >= 0.3 is 0 Å². The van der Waals surface area contributed by atoms with E-state index in [0.29, 0.717) is 17.3 Å². The molecule has 0 aliphatic heterocycles. The number of aryl methyl sites for hydroxylation is 1. The van der Waals surface area contributed by atoms with Crippen molar-refractivity contribution in [1.82, 2.24) is 15.2 Å². The van der Waals surface area contributed by atoms with Crippen LogP contribution in [0.3, 0.4) is 0 Å². The van der Waals surface area contributed by atoms with Gasteiger partial charge in [-0.25, -0.2) is 13.4 Å². The first-order chi connectivity index (χ1) is 15.3. The summed E-state index contributed by atoms with van der Waals surface area (Å²) in [5, 5.41) is 11.6. The highest BCUT2D eigenvalue weighted by molar-refractivity contribution is 7.91. The zero-order valence-electron chi connectivity index (χ0n) is 18.4. The molecule has 2 heterocycles. The van der Waals surface area contributed by atoms with E-state index in [2.05, 4.69) is 15.5 Å².